The van der Waals surface area contributed by atoms with Gasteiger partial charge in [-0.05, 0) is 56.8 Å². The average Bonchev–Trinajstić information content (AvgIpc) is 2.79. The summed E-state index contributed by atoms with van der Waals surface area (Å²) in [6.07, 6.45) is 4.35. The third-order valence-electron chi connectivity index (χ3n) is 6.37. The number of nitrogens with two attached hydrogens (primary N) is 2. The topological polar surface area (TPSA) is 92.7 Å². The lowest BCUT2D eigenvalue weighted by atomic mass is 9.90. The summed E-state index contributed by atoms with van der Waals surface area (Å²) in [5.74, 6) is 6.30. The van der Waals surface area contributed by atoms with Crippen molar-refractivity contribution in [2.24, 2.45) is 17.5 Å². The maximum atomic E-state index is 12.8. The number of fused-ring (bicyclic) bond motifs is 1. The van der Waals surface area contributed by atoms with Crippen molar-refractivity contribution in [3.63, 3.8) is 0 Å². The molecular weight excluding hydrogens is 388 g/mol. The van der Waals surface area contributed by atoms with E-state index in [2.05, 4.69) is 35.2 Å². The predicted molar refractivity (Wildman–Crippen MR) is 121 cm³/mol. The number of rotatable bonds is 7. The van der Waals surface area contributed by atoms with Gasteiger partial charge in [-0.25, -0.2) is 5.84 Å². The van der Waals surface area contributed by atoms with Crippen molar-refractivity contribution >= 4 is 11.6 Å². The molecule has 0 unspecified atom stereocenters. The summed E-state index contributed by atoms with van der Waals surface area (Å²) in [4.78, 5) is 27.8. The lowest BCUT2D eigenvalue weighted by Gasteiger charge is -2.33. The molecule has 1 heterocycles. The van der Waals surface area contributed by atoms with E-state index in [0.29, 0.717) is 17.7 Å². The fourth-order valence-electron chi connectivity index (χ4n) is 4.60. The van der Waals surface area contributed by atoms with Crippen LogP contribution in [0.15, 0.2) is 66.0 Å². The second-order valence-corrected chi connectivity index (χ2v) is 8.49. The molecule has 0 aromatic heterocycles. The van der Waals surface area contributed by atoms with Gasteiger partial charge in [-0.2, -0.15) is 0 Å². The molecule has 31 heavy (non-hydrogen) atoms. The Morgan fingerprint density at radius 2 is 1.52 bits per heavy atom. The van der Waals surface area contributed by atoms with Gasteiger partial charge < -0.3 is 15.6 Å². The summed E-state index contributed by atoms with van der Waals surface area (Å²) in [5, 5.41) is 1.35. The number of benzene rings is 2. The fraction of sp³-hybridized carbons (Fsp3) is 0.360. The van der Waals surface area contributed by atoms with Gasteiger partial charge in [-0.15, -0.1) is 0 Å². The van der Waals surface area contributed by atoms with E-state index in [1.807, 2.05) is 0 Å². The minimum atomic E-state index is -0.332. The maximum absolute atomic E-state index is 12.8. The molecule has 0 saturated carbocycles. The van der Waals surface area contributed by atoms with Crippen LogP contribution in [-0.4, -0.2) is 47.7 Å². The molecule has 6 heteroatoms. The van der Waals surface area contributed by atoms with Gasteiger partial charge in [0.25, 0.3) is 0 Å². The average molecular weight is 419 g/mol. The molecule has 0 amide bonds. The molecule has 2 aliphatic rings. The smallest absolute Gasteiger partial charge is 0.213 e. The van der Waals surface area contributed by atoms with Crippen molar-refractivity contribution in [3.8, 4) is 0 Å². The van der Waals surface area contributed by atoms with Gasteiger partial charge in [0.2, 0.25) is 11.6 Å². The van der Waals surface area contributed by atoms with E-state index in [-0.39, 0.29) is 23.0 Å². The van der Waals surface area contributed by atoms with E-state index in [1.54, 1.807) is 24.3 Å². The van der Waals surface area contributed by atoms with Crippen LogP contribution in [0.2, 0.25) is 0 Å². The lowest BCUT2D eigenvalue weighted by molar-refractivity contribution is 0.0936. The summed E-state index contributed by atoms with van der Waals surface area (Å²) >= 11 is 0. The van der Waals surface area contributed by atoms with Crippen LogP contribution in [0.25, 0.3) is 0 Å². The van der Waals surface area contributed by atoms with Crippen LogP contribution in [0.1, 0.15) is 45.5 Å². The summed E-state index contributed by atoms with van der Waals surface area (Å²) in [7, 11) is 0. The van der Waals surface area contributed by atoms with Crippen molar-refractivity contribution in [2.75, 3.05) is 26.2 Å². The van der Waals surface area contributed by atoms with Crippen LogP contribution >= 0.6 is 0 Å². The highest BCUT2D eigenvalue weighted by Gasteiger charge is 2.33. The Bertz CT molecular complexity index is 978. The number of hydrogen-bond acceptors (Lipinski definition) is 6. The molecule has 4 rings (SSSR count). The van der Waals surface area contributed by atoms with Crippen LogP contribution in [0.3, 0.4) is 0 Å². The minimum Gasteiger partial charge on any atom is -0.394 e. The quantitative estimate of drug-likeness (QED) is 0.531. The number of piperidine rings is 1. The van der Waals surface area contributed by atoms with Gasteiger partial charge in [-0.1, -0.05) is 54.6 Å². The van der Waals surface area contributed by atoms with E-state index in [0.717, 1.165) is 38.4 Å². The first-order valence-electron chi connectivity index (χ1n) is 11.0. The van der Waals surface area contributed by atoms with Crippen LogP contribution in [0, 0.1) is 5.92 Å². The van der Waals surface area contributed by atoms with Crippen molar-refractivity contribution in [3.05, 3.63) is 82.7 Å². The van der Waals surface area contributed by atoms with Crippen LogP contribution in [0.5, 0.6) is 0 Å². The summed E-state index contributed by atoms with van der Waals surface area (Å²) in [6.45, 7) is 3.55. The van der Waals surface area contributed by atoms with Gasteiger partial charge in [0.1, 0.15) is 11.4 Å². The molecule has 0 atom stereocenters. The second kappa shape index (κ2) is 9.45. The van der Waals surface area contributed by atoms with Crippen molar-refractivity contribution in [2.45, 2.75) is 25.7 Å². The Morgan fingerprint density at radius 1 is 0.903 bits per heavy atom. The summed E-state index contributed by atoms with van der Waals surface area (Å²) in [5.41, 5.74) is 8.18. The van der Waals surface area contributed by atoms with E-state index in [1.165, 1.54) is 23.4 Å². The van der Waals surface area contributed by atoms with E-state index in [9.17, 15) is 9.59 Å². The molecule has 1 aliphatic carbocycles. The van der Waals surface area contributed by atoms with E-state index < -0.39 is 0 Å². The van der Waals surface area contributed by atoms with Gasteiger partial charge in [0.05, 0.1) is 0 Å². The number of nitrogens with zero attached hydrogens (tertiary/aromatic N) is 2. The molecule has 1 aliphatic heterocycles. The third-order valence-corrected chi connectivity index (χ3v) is 6.37. The first-order valence-corrected chi connectivity index (χ1v) is 11.0. The maximum Gasteiger partial charge on any atom is 0.213 e. The Morgan fingerprint density at radius 3 is 2.19 bits per heavy atom. The normalized spacial score (nSPS) is 17.7. The first-order chi connectivity index (χ1) is 15.0. The fourth-order valence-corrected chi connectivity index (χ4v) is 4.60. The lowest BCUT2D eigenvalue weighted by Crippen LogP contribution is -2.42. The number of hydrazine groups is 1. The number of Topliss-reactive ketones (excluding diaryl/α,β-unsaturated/α-hetero) is 2. The Labute approximate surface area is 183 Å². The number of allylic oxidation sites excluding steroid dienone is 2. The third kappa shape index (κ3) is 4.70. The van der Waals surface area contributed by atoms with Crippen molar-refractivity contribution in [1.29, 1.82) is 0 Å². The summed E-state index contributed by atoms with van der Waals surface area (Å²) in [6, 6.07) is 17.4. The van der Waals surface area contributed by atoms with E-state index >= 15 is 0 Å². The molecule has 162 valence electrons. The van der Waals surface area contributed by atoms with Crippen molar-refractivity contribution in [1.82, 2.24) is 9.91 Å². The molecule has 0 spiro atoms. The molecule has 2 aromatic rings. The minimum absolute atomic E-state index is 0.0621. The van der Waals surface area contributed by atoms with Gasteiger partial charge in [0, 0.05) is 17.7 Å². The van der Waals surface area contributed by atoms with E-state index in [4.69, 9.17) is 11.6 Å². The van der Waals surface area contributed by atoms with Crippen molar-refractivity contribution < 1.29 is 9.59 Å². The monoisotopic (exact) mass is 418 g/mol. The Hall–Kier alpha value is -2.96. The first kappa shape index (κ1) is 21.3. The van der Waals surface area contributed by atoms with Gasteiger partial charge >= 0.3 is 0 Å². The molecule has 1 fully saturated rings. The largest absolute Gasteiger partial charge is 0.394 e. The number of ketones is 2. The molecule has 1 saturated heterocycles. The zero-order chi connectivity index (χ0) is 21.8. The SMILES string of the molecule is NC1=C(N(N)CCCN2CCC(Cc3ccccc3)CC2)C(=O)c2ccccc2C1=O. The second-order valence-electron chi connectivity index (χ2n) is 8.49. The van der Waals surface area contributed by atoms with Gasteiger partial charge in [-0.3, -0.25) is 9.59 Å². The zero-order valence-electron chi connectivity index (χ0n) is 17.8. The molecule has 2 aromatic carbocycles. The summed E-state index contributed by atoms with van der Waals surface area (Å²) < 4.78 is 0. The van der Waals surface area contributed by atoms with Crippen LogP contribution in [0.4, 0.5) is 0 Å². The van der Waals surface area contributed by atoms with Crippen LogP contribution in [-0.2, 0) is 6.42 Å². The Kier molecular flexibility index (Phi) is 6.49. The number of likely N-dealkylation sites (tertiary alicyclic amines) is 1. The standard InChI is InChI=1S/C25H30N4O2/c26-22-23(25(31)21-10-5-4-9-20(21)24(22)30)29(27)14-6-13-28-15-11-19(12-16-28)17-18-7-2-1-3-8-18/h1-5,7-10,19H,6,11-17,26-27H2. The molecule has 0 radical (unpaired) electrons. The molecule has 6 nitrogen and oxygen atoms in total. The van der Waals surface area contributed by atoms with Crippen LogP contribution < -0.4 is 11.6 Å². The Balaban J connectivity index is 1.26. The predicted octanol–water partition coefficient (Wildman–Crippen LogP) is 2.76. The number of hydrogen-bond donors (Lipinski definition) is 2. The highest BCUT2D eigenvalue weighted by Crippen LogP contribution is 2.25. The zero-order valence-corrected chi connectivity index (χ0v) is 17.8. The molecule has 4 N–H and O–H groups in total. The highest BCUT2D eigenvalue weighted by molar-refractivity contribution is 6.26. The number of carbonyl (C=O) groups excluding carboxylic acids is 2. The molecular formula is C25H30N4O2. The van der Waals surface area contributed by atoms with Gasteiger partial charge in [0.15, 0.2) is 0 Å². The highest BCUT2D eigenvalue weighted by atomic mass is 16.1. The molecule has 0 bridgehead atoms. The number of carbonyl (C=O) groups is 2.